The van der Waals surface area contributed by atoms with Crippen LogP contribution in [-0.2, 0) is 9.09 Å². The fraction of sp³-hybridized carbons (Fsp3) is 1.00. The van der Waals surface area contributed by atoms with Crippen molar-refractivity contribution in [3.05, 3.63) is 0 Å². The Hall–Kier alpha value is 0.0600. The summed E-state index contributed by atoms with van der Waals surface area (Å²) in [6.07, 6.45) is 1.80. The maximum absolute atomic E-state index is 10.0. The van der Waals surface area contributed by atoms with Crippen LogP contribution in [0.4, 0.5) is 0 Å². The Labute approximate surface area is 57.9 Å². The van der Waals surface area contributed by atoms with Crippen LogP contribution in [0.2, 0.25) is 0 Å². The summed E-state index contributed by atoms with van der Waals surface area (Å²) in [6.45, 7) is 6.00. The lowest BCUT2D eigenvalue weighted by atomic mass is 10.0. The highest BCUT2D eigenvalue weighted by Crippen LogP contribution is 2.23. The summed E-state index contributed by atoms with van der Waals surface area (Å²) in [6, 6.07) is 0. The van der Waals surface area contributed by atoms with E-state index in [2.05, 4.69) is 0 Å². The first-order chi connectivity index (χ1) is 4.18. The van der Waals surface area contributed by atoms with Gasteiger partial charge < -0.3 is 0 Å². The molecule has 0 aliphatic rings. The summed E-state index contributed by atoms with van der Waals surface area (Å²) in [7, 11) is -0.210. The van der Waals surface area contributed by atoms with Crippen LogP contribution < -0.4 is 0 Å². The number of hydrogen-bond donors (Lipinski definition) is 0. The quantitative estimate of drug-likeness (QED) is 0.573. The maximum atomic E-state index is 10.0. The lowest BCUT2D eigenvalue weighted by molar-refractivity contribution is 0.0968. The van der Waals surface area contributed by atoms with Crippen molar-refractivity contribution < 1.29 is 9.09 Å². The largest absolute Gasteiger partial charge is 0.327 e. The lowest BCUT2D eigenvalue weighted by Crippen LogP contribution is -2.22. The molecule has 0 aromatic rings. The second kappa shape index (κ2) is 3.97. The molecule has 0 N–H and O–H groups in total. The Morgan fingerprint density at radius 3 is 2.00 bits per heavy atom. The summed E-state index contributed by atoms with van der Waals surface area (Å²) < 4.78 is 15.0. The minimum Gasteiger partial charge on any atom is -0.288 e. The molecule has 0 saturated heterocycles. The summed E-state index contributed by atoms with van der Waals surface area (Å²) in [5.41, 5.74) is -0.191. The smallest absolute Gasteiger partial charge is 0.288 e. The maximum Gasteiger partial charge on any atom is 0.327 e. The fourth-order valence-electron chi connectivity index (χ4n) is 0.469. The van der Waals surface area contributed by atoms with E-state index in [1.807, 2.05) is 20.8 Å². The third-order valence-corrected chi connectivity index (χ3v) is 2.27. The topological polar surface area (TPSA) is 26.3 Å². The molecule has 0 heterocycles. The molecule has 0 saturated carbocycles. The molecule has 54 valence electrons. The predicted molar refractivity (Wildman–Crippen MR) is 37.7 cm³/mol. The molecular weight excluding hydrogens is 135 g/mol. The zero-order valence-corrected chi connectivity index (χ0v) is 7.07. The van der Waals surface area contributed by atoms with Gasteiger partial charge in [-0.3, -0.25) is 4.52 Å². The molecule has 0 aliphatic carbocycles. The molecule has 0 spiro atoms. The molecule has 0 aliphatic heterocycles. The van der Waals surface area contributed by atoms with Gasteiger partial charge in [0.2, 0.25) is 0 Å². The van der Waals surface area contributed by atoms with Gasteiger partial charge in [0, 0.05) is 0 Å². The van der Waals surface area contributed by atoms with Crippen molar-refractivity contribution in [3.8, 4) is 0 Å². The predicted octanol–water partition coefficient (Wildman–Crippen LogP) is 2.79. The van der Waals surface area contributed by atoms with Crippen LogP contribution >= 0.6 is 8.69 Å². The highest BCUT2D eigenvalue weighted by atomic mass is 31.1. The van der Waals surface area contributed by atoms with Gasteiger partial charge in [-0.1, -0.05) is 13.8 Å². The Bertz CT molecular complexity index is 89.1. The standard InChI is InChI=1S/C6H13O2P/c1-4-6(3,5-2)8-9-7/h4-5H2,1-3H3. The highest BCUT2D eigenvalue weighted by molar-refractivity contribution is 7.17. The number of rotatable bonds is 4. The molecule has 0 rings (SSSR count). The van der Waals surface area contributed by atoms with Crippen LogP contribution in [0.3, 0.4) is 0 Å². The normalized spacial score (nSPS) is 12.3. The molecule has 0 aromatic carbocycles. The van der Waals surface area contributed by atoms with E-state index in [1.165, 1.54) is 0 Å². The first-order valence-corrected chi connectivity index (χ1v) is 3.92. The first kappa shape index (κ1) is 9.06. The molecule has 0 unspecified atom stereocenters. The van der Waals surface area contributed by atoms with Gasteiger partial charge in [-0.15, -0.1) is 0 Å². The van der Waals surface area contributed by atoms with Crippen molar-refractivity contribution in [3.63, 3.8) is 0 Å². The Morgan fingerprint density at radius 2 is 1.89 bits per heavy atom. The van der Waals surface area contributed by atoms with E-state index < -0.39 is 0 Å². The average Bonchev–Trinajstić information content (AvgIpc) is 1.89. The van der Waals surface area contributed by atoms with Gasteiger partial charge in [0.05, 0.1) is 5.60 Å². The molecular formula is C6H13O2P. The first-order valence-electron chi connectivity index (χ1n) is 3.19. The van der Waals surface area contributed by atoms with E-state index in [0.29, 0.717) is 0 Å². The Balaban J connectivity index is 3.75. The fourth-order valence-corrected chi connectivity index (χ4v) is 0.907. The van der Waals surface area contributed by atoms with Crippen molar-refractivity contribution in [1.82, 2.24) is 0 Å². The van der Waals surface area contributed by atoms with Gasteiger partial charge in [0.15, 0.2) is 0 Å². The van der Waals surface area contributed by atoms with Crippen LogP contribution in [0, 0.1) is 0 Å². The van der Waals surface area contributed by atoms with Crippen LogP contribution in [0.15, 0.2) is 0 Å². The lowest BCUT2D eigenvalue weighted by Gasteiger charge is -2.21. The monoisotopic (exact) mass is 148 g/mol. The third kappa shape index (κ3) is 2.92. The minimum atomic E-state index is -0.210. The van der Waals surface area contributed by atoms with Gasteiger partial charge in [-0.2, -0.15) is 0 Å². The van der Waals surface area contributed by atoms with Crippen LogP contribution in [0.5, 0.6) is 0 Å². The summed E-state index contributed by atoms with van der Waals surface area (Å²) in [4.78, 5) is 0. The van der Waals surface area contributed by atoms with Crippen molar-refractivity contribution >= 4 is 8.69 Å². The summed E-state index contributed by atoms with van der Waals surface area (Å²) >= 11 is 0. The molecule has 0 fully saturated rings. The second-order valence-electron chi connectivity index (χ2n) is 2.32. The molecule has 0 bridgehead atoms. The number of hydrogen-bond acceptors (Lipinski definition) is 2. The van der Waals surface area contributed by atoms with E-state index in [-0.39, 0.29) is 14.3 Å². The second-order valence-corrected chi connectivity index (χ2v) is 2.65. The molecule has 0 amide bonds. The Morgan fingerprint density at radius 1 is 1.44 bits per heavy atom. The molecule has 0 atom stereocenters. The van der Waals surface area contributed by atoms with Gasteiger partial charge in [0.25, 0.3) is 0 Å². The van der Waals surface area contributed by atoms with E-state index in [1.54, 1.807) is 0 Å². The van der Waals surface area contributed by atoms with Crippen LogP contribution in [-0.4, -0.2) is 5.60 Å². The minimum absolute atomic E-state index is 0.191. The average molecular weight is 148 g/mol. The zero-order valence-electron chi connectivity index (χ0n) is 6.18. The Kier molecular flexibility index (Phi) is 4.00. The van der Waals surface area contributed by atoms with Crippen molar-refractivity contribution in [2.24, 2.45) is 0 Å². The molecule has 2 nitrogen and oxygen atoms in total. The van der Waals surface area contributed by atoms with Crippen molar-refractivity contribution in [2.45, 2.75) is 39.2 Å². The van der Waals surface area contributed by atoms with Crippen LogP contribution in [0.25, 0.3) is 0 Å². The summed E-state index contributed by atoms with van der Waals surface area (Å²) in [5.74, 6) is 0. The van der Waals surface area contributed by atoms with E-state index in [4.69, 9.17) is 4.52 Å². The SMILES string of the molecule is CCC(C)(CC)OP=O. The van der Waals surface area contributed by atoms with Gasteiger partial charge >= 0.3 is 8.69 Å². The zero-order chi connectivity index (χ0) is 7.33. The van der Waals surface area contributed by atoms with E-state index in [0.717, 1.165) is 12.8 Å². The van der Waals surface area contributed by atoms with E-state index in [9.17, 15) is 4.57 Å². The van der Waals surface area contributed by atoms with Crippen molar-refractivity contribution in [2.75, 3.05) is 0 Å². The molecule has 3 heteroatoms. The summed E-state index contributed by atoms with van der Waals surface area (Å²) in [5, 5.41) is 0. The van der Waals surface area contributed by atoms with Gasteiger partial charge in [-0.05, 0) is 19.8 Å². The molecule has 0 radical (unpaired) electrons. The van der Waals surface area contributed by atoms with E-state index >= 15 is 0 Å². The third-order valence-electron chi connectivity index (χ3n) is 1.75. The highest BCUT2D eigenvalue weighted by Gasteiger charge is 2.19. The molecule has 0 aromatic heterocycles. The van der Waals surface area contributed by atoms with Gasteiger partial charge in [-0.25, -0.2) is 4.57 Å². The van der Waals surface area contributed by atoms with Crippen LogP contribution in [0.1, 0.15) is 33.6 Å². The molecule has 9 heavy (non-hydrogen) atoms. The van der Waals surface area contributed by atoms with Gasteiger partial charge in [0.1, 0.15) is 0 Å². The van der Waals surface area contributed by atoms with Crippen molar-refractivity contribution in [1.29, 1.82) is 0 Å².